The minimum absolute atomic E-state index is 0.328. The summed E-state index contributed by atoms with van der Waals surface area (Å²) in [6, 6.07) is 0. The van der Waals surface area contributed by atoms with Gasteiger partial charge < -0.3 is 54.7 Å². The van der Waals surface area contributed by atoms with Crippen molar-refractivity contribution in [2.75, 3.05) is 19.8 Å². The van der Waals surface area contributed by atoms with Crippen LogP contribution in [0, 0.1) is 5.92 Å². The lowest BCUT2D eigenvalue weighted by Crippen LogP contribution is -2.64. The molecule has 0 spiro atoms. The van der Waals surface area contributed by atoms with Gasteiger partial charge in [0.1, 0.15) is 48.8 Å². The molecule has 1 saturated carbocycles. The number of rotatable bonds is 12. The summed E-state index contributed by atoms with van der Waals surface area (Å²) in [5.74, 6) is 0.876. The van der Waals surface area contributed by atoms with Crippen molar-refractivity contribution in [1.29, 1.82) is 0 Å². The van der Waals surface area contributed by atoms with Crippen LogP contribution >= 0.6 is 0 Å². The molecule has 0 amide bonds. The molecule has 7 N–H and O–H groups in total. The first kappa shape index (κ1) is 29.1. The van der Waals surface area contributed by atoms with Crippen LogP contribution in [-0.2, 0) is 18.9 Å². The molecule has 1 aliphatic carbocycles. The van der Waals surface area contributed by atoms with Crippen LogP contribution in [-0.4, -0.2) is 117 Å². The average molecular weight is 509 g/mol. The first-order chi connectivity index (χ1) is 16.9. The summed E-state index contributed by atoms with van der Waals surface area (Å²) in [5.41, 5.74) is 0. The molecule has 2 heterocycles. The van der Waals surface area contributed by atoms with Crippen molar-refractivity contribution in [2.45, 2.75) is 126 Å². The molecule has 0 aromatic carbocycles. The highest BCUT2D eigenvalue weighted by Crippen LogP contribution is 2.30. The topological polar surface area (TPSA) is 179 Å². The lowest BCUT2D eigenvalue weighted by molar-refractivity contribution is -0.359. The van der Waals surface area contributed by atoms with Gasteiger partial charge in [-0.2, -0.15) is 0 Å². The summed E-state index contributed by atoms with van der Waals surface area (Å²) < 4.78 is 22.1. The third kappa shape index (κ3) is 7.78. The number of aliphatic hydroxyl groups excluding tert-OH is 7. The summed E-state index contributed by atoms with van der Waals surface area (Å²) >= 11 is 0. The van der Waals surface area contributed by atoms with Gasteiger partial charge in [-0.1, -0.05) is 57.8 Å². The Morgan fingerprint density at radius 2 is 1.26 bits per heavy atom. The van der Waals surface area contributed by atoms with Crippen molar-refractivity contribution in [2.24, 2.45) is 5.92 Å². The molecule has 206 valence electrons. The predicted molar refractivity (Wildman–Crippen MR) is 122 cm³/mol. The number of hydrogen-bond donors (Lipinski definition) is 7. The molecule has 3 aliphatic rings. The summed E-state index contributed by atoms with van der Waals surface area (Å²) in [7, 11) is 0. The molecular weight excluding hydrogens is 464 g/mol. The van der Waals surface area contributed by atoms with Crippen LogP contribution < -0.4 is 0 Å². The molecule has 0 radical (unpaired) electrons. The van der Waals surface area contributed by atoms with E-state index < -0.39 is 74.6 Å². The average Bonchev–Trinajstić information content (AvgIpc) is 2.87. The molecule has 0 aromatic rings. The molecule has 0 unspecified atom stereocenters. The lowest BCUT2D eigenvalue weighted by Gasteiger charge is -2.45. The Labute approximate surface area is 206 Å². The minimum Gasteiger partial charge on any atom is -0.394 e. The van der Waals surface area contributed by atoms with E-state index in [4.69, 9.17) is 18.9 Å². The predicted octanol–water partition coefficient (Wildman–Crippen LogP) is -0.842. The number of ether oxygens (including phenoxy) is 4. The standard InChI is InChI=1S/C24H44O11/c25-12-15-17(27)18(28)20(30)24(33-15)35-22-16(13-26)34-23(21(31)19(22)29)32-11-7-2-1-4-8-14-9-5-3-6-10-14/h14-31H,1-13H2/t15-,16+,17-,18+,19+,20-,21-,22-,23-,24-/m1/s1. The van der Waals surface area contributed by atoms with Gasteiger partial charge in [-0.25, -0.2) is 0 Å². The molecule has 0 bridgehead atoms. The third-order valence-electron chi connectivity index (χ3n) is 7.47. The van der Waals surface area contributed by atoms with E-state index in [0.717, 1.165) is 25.2 Å². The second kappa shape index (κ2) is 14.5. The number of aliphatic hydroxyl groups is 7. The van der Waals surface area contributed by atoms with E-state index in [1.165, 1.54) is 44.9 Å². The molecule has 35 heavy (non-hydrogen) atoms. The first-order valence-electron chi connectivity index (χ1n) is 13.1. The molecular formula is C24H44O11. The Kier molecular flexibility index (Phi) is 12.1. The fourth-order valence-electron chi connectivity index (χ4n) is 5.26. The third-order valence-corrected chi connectivity index (χ3v) is 7.47. The Balaban J connectivity index is 1.41. The van der Waals surface area contributed by atoms with Crippen LogP contribution in [0.5, 0.6) is 0 Å². The second-order valence-electron chi connectivity index (χ2n) is 10.1. The van der Waals surface area contributed by atoms with Gasteiger partial charge >= 0.3 is 0 Å². The van der Waals surface area contributed by atoms with Gasteiger partial charge in [0.2, 0.25) is 0 Å². The van der Waals surface area contributed by atoms with Crippen molar-refractivity contribution in [3.63, 3.8) is 0 Å². The van der Waals surface area contributed by atoms with E-state index in [1.54, 1.807) is 0 Å². The molecule has 2 aliphatic heterocycles. The maximum Gasteiger partial charge on any atom is 0.187 e. The van der Waals surface area contributed by atoms with Crippen LogP contribution in [0.3, 0.4) is 0 Å². The molecule has 0 aromatic heterocycles. The summed E-state index contributed by atoms with van der Waals surface area (Å²) in [5, 5.41) is 70.2. The van der Waals surface area contributed by atoms with Gasteiger partial charge in [-0.15, -0.1) is 0 Å². The first-order valence-corrected chi connectivity index (χ1v) is 13.1. The van der Waals surface area contributed by atoms with Crippen LogP contribution in [0.25, 0.3) is 0 Å². The molecule has 10 atom stereocenters. The van der Waals surface area contributed by atoms with Crippen molar-refractivity contribution in [1.82, 2.24) is 0 Å². The quantitative estimate of drug-likeness (QED) is 0.163. The van der Waals surface area contributed by atoms with Gasteiger partial charge in [0.15, 0.2) is 12.6 Å². The maximum absolute atomic E-state index is 10.6. The molecule has 11 heteroatoms. The zero-order valence-electron chi connectivity index (χ0n) is 20.3. The van der Waals surface area contributed by atoms with Crippen LogP contribution in [0.1, 0.15) is 64.2 Å². The van der Waals surface area contributed by atoms with Crippen molar-refractivity contribution < 1.29 is 54.7 Å². The van der Waals surface area contributed by atoms with Crippen molar-refractivity contribution in [3.05, 3.63) is 0 Å². The maximum atomic E-state index is 10.6. The number of hydrogen-bond acceptors (Lipinski definition) is 11. The van der Waals surface area contributed by atoms with Crippen LogP contribution in [0.15, 0.2) is 0 Å². The Morgan fingerprint density at radius 3 is 1.94 bits per heavy atom. The van der Waals surface area contributed by atoms with E-state index in [2.05, 4.69) is 0 Å². The number of unbranched alkanes of at least 4 members (excludes halogenated alkanes) is 3. The normalized spacial score (nSPS) is 41.2. The second-order valence-corrected chi connectivity index (χ2v) is 10.1. The van der Waals surface area contributed by atoms with Crippen molar-refractivity contribution >= 4 is 0 Å². The van der Waals surface area contributed by atoms with Crippen molar-refractivity contribution in [3.8, 4) is 0 Å². The highest BCUT2D eigenvalue weighted by Gasteiger charge is 2.50. The minimum atomic E-state index is -1.69. The zero-order chi connectivity index (χ0) is 25.4. The Morgan fingerprint density at radius 1 is 0.629 bits per heavy atom. The van der Waals surface area contributed by atoms with Crippen LogP contribution in [0.4, 0.5) is 0 Å². The van der Waals surface area contributed by atoms with E-state index in [0.29, 0.717) is 6.61 Å². The zero-order valence-corrected chi connectivity index (χ0v) is 20.3. The Hall–Kier alpha value is -0.440. The van der Waals surface area contributed by atoms with E-state index in [9.17, 15) is 35.7 Å². The lowest BCUT2D eigenvalue weighted by atomic mass is 9.85. The smallest absolute Gasteiger partial charge is 0.187 e. The Bertz CT molecular complexity index is 586. The largest absolute Gasteiger partial charge is 0.394 e. The highest BCUT2D eigenvalue weighted by atomic mass is 16.7. The van der Waals surface area contributed by atoms with Gasteiger partial charge in [0.05, 0.1) is 13.2 Å². The van der Waals surface area contributed by atoms with Gasteiger partial charge in [0, 0.05) is 6.61 Å². The summed E-state index contributed by atoms with van der Waals surface area (Å²) in [6.45, 7) is -0.891. The monoisotopic (exact) mass is 508 g/mol. The molecule has 11 nitrogen and oxygen atoms in total. The van der Waals surface area contributed by atoms with Gasteiger partial charge in [-0.3, -0.25) is 0 Å². The molecule has 2 saturated heterocycles. The SMILES string of the molecule is OC[C@@H]1O[C@@H](OCCCCCCC2CCCCC2)[C@H](O)[C@H](O)[C@@H]1O[C@H]1O[C@H](CO)[C@@H](O)[C@H](O)[C@H]1O. The highest BCUT2D eigenvalue weighted by molar-refractivity contribution is 4.94. The van der Waals surface area contributed by atoms with Gasteiger partial charge in [0.25, 0.3) is 0 Å². The van der Waals surface area contributed by atoms with E-state index in [-0.39, 0.29) is 0 Å². The van der Waals surface area contributed by atoms with E-state index >= 15 is 0 Å². The molecule has 3 rings (SSSR count). The summed E-state index contributed by atoms with van der Waals surface area (Å²) in [4.78, 5) is 0. The summed E-state index contributed by atoms with van der Waals surface area (Å²) in [6.07, 6.45) is -2.12. The van der Waals surface area contributed by atoms with Crippen LogP contribution in [0.2, 0.25) is 0 Å². The fourth-order valence-corrected chi connectivity index (χ4v) is 5.26. The fraction of sp³-hybridized carbons (Fsp3) is 1.00. The van der Waals surface area contributed by atoms with E-state index in [1.807, 2.05) is 0 Å². The van der Waals surface area contributed by atoms with Gasteiger partial charge in [-0.05, 0) is 12.3 Å². The molecule has 3 fully saturated rings.